The smallest absolute Gasteiger partial charge is 0.318 e. The van der Waals surface area contributed by atoms with Crippen LogP contribution >= 0.6 is 11.8 Å². The van der Waals surface area contributed by atoms with E-state index < -0.39 is 0 Å². The third-order valence-corrected chi connectivity index (χ3v) is 2.29. The van der Waals surface area contributed by atoms with Gasteiger partial charge in [0, 0.05) is 12.4 Å². The molecular formula is C7H10N2O2S. The minimum absolute atomic E-state index is 0.221. The van der Waals surface area contributed by atoms with Crippen LogP contribution in [0, 0.1) is 0 Å². The number of aromatic amines is 1. The maximum Gasteiger partial charge on any atom is 0.318 e. The molecule has 1 aromatic heterocycles. The number of methoxy groups -OCH3 is 1. The number of carbonyl (C=O) groups excluding carboxylic acids is 1. The standard InChI is InChI=1S/C7H10N2O2S/c1-5(6(10)11-2)12-7-8-3-4-9-7/h3-5H,1-2H3,(H,8,9). The lowest BCUT2D eigenvalue weighted by Gasteiger charge is -2.05. The monoisotopic (exact) mass is 186 g/mol. The molecule has 66 valence electrons. The van der Waals surface area contributed by atoms with Gasteiger partial charge in [-0.3, -0.25) is 4.79 Å². The molecule has 1 atom stereocenters. The van der Waals surface area contributed by atoms with Crippen molar-refractivity contribution < 1.29 is 9.53 Å². The highest BCUT2D eigenvalue weighted by atomic mass is 32.2. The number of nitrogens with one attached hydrogen (secondary N) is 1. The number of H-pyrrole nitrogens is 1. The highest BCUT2D eigenvalue weighted by molar-refractivity contribution is 8.00. The Morgan fingerprint density at radius 2 is 2.58 bits per heavy atom. The Morgan fingerprint density at radius 3 is 3.08 bits per heavy atom. The van der Waals surface area contributed by atoms with Crippen molar-refractivity contribution in [2.45, 2.75) is 17.3 Å². The third kappa shape index (κ3) is 2.27. The van der Waals surface area contributed by atoms with Gasteiger partial charge < -0.3 is 9.72 Å². The molecule has 0 saturated heterocycles. The van der Waals surface area contributed by atoms with Crippen LogP contribution in [-0.2, 0) is 9.53 Å². The van der Waals surface area contributed by atoms with Gasteiger partial charge in [0.25, 0.3) is 0 Å². The Kier molecular flexibility index (Phi) is 3.16. The summed E-state index contributed by atoms with van der Waals surface area (Å²) in [5.74, 6) is -0.239. The van der Waals surface area contributed by atoms with Crippen LogP contribution < -0.4 is 0 Å². The van der Waals surface area contributed by atoms with Crippen molar-refractivity contribution in [3.05, 3.63) is 12.4 Å². The summed E-state index contributed by atoms with van der Waals surface area (Å²) in [7, 11) is 1.38. The SMILES string of the molecule is COC(=O)C(C)Sc1ncc[nH]1. The van der Waals surface area contributed by atoms with Crippen LogP contribution in [0.4, 0.5) is 0 Å². The molecule has 0 aromatic carbocycles. The number of aromatic nitrogens is 2. The van der Waals surface area contributed by atoms with Gasteiger partial charge in [-0.2, -0.15) is 0 Å². The lowest BCUT2D eigenvalue weighted by atomic mass is 10.5. The van der Waals surface area contributed by atoms with E-state index in [9.17, 15) is 4.79 Å². The zero-order chi connectivity index (χ0) is 8.97. The van der Waals surface area contributed by atoms with Gasteiger partial charge >= 0.3 is 5.97 Å². The molecule has 0 bridgehead atoms. The van der Waals surface area contributed by atoms with Gasteiger partial charge in [-0.1, -0.05) is 11.8 Å². The number of hydrogen-bond acceptors (Lipinski definition) is 4. The summed E-state index contributed by atoms with van der Waals surface area (Å²) in [5.41, 5.74) is 0. The molecule has 0 spiro atoms. The van der Waals surface area contributed by atoms with Crippen molar-refractivity contribution in [1.82, 2.24) is 9.97 Å². The molecule has 1 heterocycles. The Labute approximate surface area is 74.7 Å². The molecule has 1 N–H and O–H groups in total. The van der Waals surface area contributed by atoms with Crippen LogP contribution in [0.1, 0.15) is 6.92 Å². The first-order chi connectivity index (χ1) is 5.74. The number of rotatable bonds is 3. The normalized spacial score (nSPS) is 12.5. The van der Waals surface area contributed by atoms with Crippen LogP contribution in [0.25, 0.3) is 0 Å². The summed E-state index contributed by atoms with van der Waals surface area (Å²) in [5, 5.41) is 0.508. The van der Waals surface area contributed by atoms with E-state index in [0.717, 1.165) is 5.16 Å². The molecule has 0 amide bonds. The Bertz CT molecular complexity index is 248. The second-order valence-electron chi connectivity index (χ2n) is 2.18. The molecule has 0 aliphatic carbocycles. The van der Waals surface area contributed by atoms with E-state index in [1.54, 1.807) is 19.3 Å². The number of thioether (sulfide) groups is 1. The summed E-state index contributed by atoms with van der Waals surface area (Å²) in [6.07, 6.45) is 3.36. The van der Waals surface area contributed by atoms with Crippen molar-refractivity contribution in [3.63, 3.8) is 0 Å². The minimum atomic E-state index is -0.239. The van der Waals surface area contributed by atoms with E-state index in [-0.39, 0.29) is 11.2 Å². The summed E-state index contributed by atoms with van der Waals surface area (Å²) in [4.78, 5) is 17.8. The van der Waals surface area contributed by atoms with Crippen LogP contribution in [0.3, 0.4) is 0 Å². The molecule has 0 radical (unpaired) electrons. The van der Waals surface area contributed by atoms with Gasteiger partial charge in [-0.05, 0) is 6.92 Å². The fraction of sp³-hybridized carbons (Fsp3) is 0.429. The second kappa shape index (κ2) is 4.15. The first kappa shape index (κ1) is 9.12. The maximum atomic E-state index is 11.0. The highest BCUT2D eigenvalue weighted by Gasteiger charge is 2.15. The van der Waals surface area contributed by atoms with Crippen LogP contribution in [0.5, 0.6) is 0 Å². The van der Waals surface area contributed by atoms with Crippen molar-refractivity contribution in [3.8, 4) is 0 Å². The predicted molar refractivity (Wildman–Crippen MR) is 45.9 cm³/mol. The van der Waals surface area contributed by atoms with Crippen molar-refractivity contribution >= 4 is 17.7 Å². The Morgan fingerprint density at radius 1 is 1.83 bits per heavy atom. The molecule has 0 aliphatic rings. The molecule has 0 saturated carbocycles. The number of ether oxygens (including phenoxy) is 1. The number of hydrogen-bond donors (Lipinski definition) is 1. The number of carbonyl (C=O) groups is 1. The van der Waals surface area contributed by atoms with Gasteiger partial charge in [0.15, 0.2) is 5.16 Å². The van der Waals surface area contributed by atoms with E-state index >= 15 is 0 Å². The first-order valence-electron chi connectivity index (χ1n) is 3.48. The van der Waals surface area contributed by atoms with Crippen LogP contribution in [0.15, 0.2) is 17.6 Å². The van der Waals surface area contributed by atoms with Gasteiger partial charge in [0.2, 0.25) is 0 Å². The average Bonchev–Trinajstić information content (AvgIpc) is 2.55. The summed E-state index contributed by atoms with van der Waals surface area (Å²) in [6, 6.07) is 0. The molecule has 1 unspecified atom stereocenters. The number of esters is 1. The largest absolute Gasteiger partial charge is 0.468 e. The van der Waals surface area contributed by atoms with Crippen molar-refractivity contribution in [2.75, 3.05) is 7.11 Å². The van der Waals surface area contributed by atoms with E-state index in [4.69, 9.17) is 0 Å². The highest BCUT2D eigenvalue weighted by Crippen LogP contribution is 2.19. The second-order valence-corrected chi connectivity index (χ2v) is 3.51. The lowest BCUT2D eigenvalue weighted by molar-refractivity contribution is -0.139. The summed E-state index contributed by atoms with van der Waals surface area (Å²) < 4.78 is 4.56. The number of imidazole rings is 1. The average molecular weight is 186 g/mol. The van der Waals surface area contributed by atoms with Crippen LogP contribution in [-0.4, -0.2) is 28.3 Å². The molecule has 5 heteroatoms. The van der Waals surface area contributed by atoms with Crippen molar-refractivity contribution in [1.29, 1.82) is 0 Å². The van der Waals surface area contributed by atoms with Gasteiger partial charge in [0.05, 0.1) is 7.11 Å². The maximum absolute atomic E-state index is 11.0. The Balaban J connectivity index is 2.47. The lowest BCUT2D eigenvalue weighted by Crippen LogP contribution is -2.14. The summed E-state index contributed by atoms with van der Waals surface area (Å²) in [6.45, 7) is 1.78. The summed E-state index contributed by atoms with van der Waals surface area (Å²) >= 11 is 1.34. The fourth-order valence-corrected chi connectivity index (χ4v) is 1.48. The fourth-order valence-electron chi connectivity index (χ4n) is 0.697. The molecule has 4 nitrogen and oxygen atoms in total. The minimum Gasteiger partial charge on any atom is -0.468 e. The molecule has 0 fully saturated rings. The molecular weight excluding hydrogens is 176 g/mol. The van der Waals surface area contributed by atoms with E-state index in [2.05, 4.69) is 14.7 Å². The van der Waals surface area contributed by atoms with Crippen molar-refractivity contribution in [2.24, 2.45) is 0 Å². The van der Waals surface area contributed by atoms with Gasteiger partial charge in [-0.25, -0.2) is 4.98 Å². The number of nitrogens with zero attached hydrogens (tertiary/aromatic N) is 1. The first-order valence-corrected chi connectivity index (χ1v) is 4.36. The van der Waals surface area contributed by atoms with Crippen LogP contribution in [0.2, 0.25) is 0 Å². The molecule has 12 heavy (non-hydrogen) atoms. The molecule has 0 aliphatic heterocycles. The van der Waals surface area contributed by atoms with Gasteiger partial charge in [-0.15, -0.1) is 0 Å². The van der Waals surface area contributed by atoms with Gasteiger partial charge in [0.1, 0.15) is 5.25 Å². The predicted octanol–water partition coefficient (Wildman–Crippen LogP) is 1.06. The third-order valence-electron chi connectivity index (χ3n) is 1.29. The molecule has 1 aromatic rings. The van der Waals surface area contributed by atoms with E-state index in [1.165, 1.54) is 18.9 Å². The zero-order valence-electron chi connectivity index (χ0n) is 6.90. The Hall–Kier alpha value is -0.970. The molecule has 1 rings (SSSR count). The van der Waals surface area contributed by atoms with E-state index in [1.807, 2.05) is 0 Å². The van der Waals surface area contributed by atoms with E-state index in [0.29, 0.717) is 0 Å². The topological polar surface area (TPSA) is 55.0 Å². The quantitative estimate of drug-likeness (QED) is 0.566. The zero-order valence-corrected chi connectivity index (χ0v) is 7.72.